The number of aromatic nitrogens is 2. The largest absolute Gasteiger partial charge is 0.495 e. The Morgan fingerprint density at radius 3 is 2.38 bits per heavy atom. The maximum atomic E-state index is 13.3. The summed E-state index contributed by atoms with van der Waals surface area (Å²) in [6, 6.07) is 15.3. The summed E-state index contributed by atoms with van der Waals surface area (Å²) in [5, 5.41) is 6.79. The molecule has 3 heterocycles. The molecule has 2 unspecified atom stereocenters. The second-order valence-corrected chi connectivity index (χ2v) is 12.0. The third kappa shape index (κ3) is 6.87. The van der Waals surface area contributed by atoms with Crippen molar-refractivity contribution in [3.63, 3.8) is 0 Å². The molecule has 2 N–H and O–H groups in total. The molecule has 0 aliphatic carbocycles. The Morgan fingerprint density at radius 2 is 1.74 bits per heavy atom. The van der Waals surface area contributed by atoms with Crippen molar-refractivity contribution in [2.24, 2.45) is 0 Å². The SMILES string of the molecule is COc1ccc(CNc2nc(N3CC4CCC(C3)N4C(=O)OC(C)(C)C)ncc2C(=O)NCc2ccccc2)cc1Cl. The molecular formula is C31H37ClN6O4. The fourth-order valence-electron chi connectivity index (χ4n) is 5.38. The lowest BCUT2D eigenvalue weighted by molar-refractivity contribution is 0.0122. The Labute approximate surface area is 251 Å². The zero-order valence-corrected chi connectivity index (χ0v) is 25.1. The molecule has 2 fully saturated rings. The minimum absolute atomic E-state index is 0.00824. The van der Waals surface area contributed by atoms with Crippen LogP contribution in [0.2, 0.25) is 5.02 Å². The van der Waals surface area contributed by atoms with Crippen LogP contribution < -0.4 is 20.3 Å². The number of benzene rings is 2. The lowest BCUT2D eigenvalue weighted by Gasteiger charge is -2.41. The van der Waals surface area contributed by atoms with Gasteiger partial charge in [-0.3, -0.25) is 9.69 Å². The smallest absolute Gasteiger partial charge is 0.410 e. The number of rotatable bonds is 8. The highest BCUT2D eigenvalue weighted by Gasteiger charge is 2.45. The third-order valence-electron chi connectivity index (χ3n) is 7.36. The highest BCUT2D eigenvalue weighted by Crippen LogP contribution is 2.33. The summed E-state index contributed by atoms with van der Waals surface area (Å²) < 4.78 is 10.9. The molecule has 42 heavy (non-hydrogen) atoms. The van der Waals surface area contributed by atoms with Gasteiger partial charge >= 0.3 is 6.09 Å². The number of fused-ring (bicyclic) bond motifs is 2. The number of carbonyl (C=O) groups excluding carboxylic acids is 2. The summed E-state index contributed by atoms with van der Waals surface area (Å²) in [4.78, 5) is 39.6. The molecule has 2 aromatic carbocycles. The normalized spacial score (nSPS) is 18.0. The number of nitrogens with one attached hydrogen (secondary N) is 2. The van der Waals surface area contributed by atoms with Crippen molar-refractivity contribution in [3.05, 3.63) is 76.4 Å². The van der Waals surface area contributed by atoms with Gasteiger partial charge in [-0.1, -0.05) is 48.0 Å². The minimum Gasteiger partial charge on any atom is -0.495 e. The van der Waals surface area contributed by atoms with Gasteiger partial charge in [0.25, 0.3) is 5.91 Å². The van der Waals surface area contributed by atoms with Crippen LogP contribution in [-0.2, 0) is 17.8 Å². The fraction of sp³-hybridized carbons (Fsp3) is 0.419. The van der Waals surface area contributed by atoms with Crippen molar-refractivity contribution in [3.8, 4) is 5.75 Å². The summed E-state index contributed by atoms with van der Waals surface area (Å²) in [6.45, 7) is 7.57. The summed E-state index contributed by atoms with van der Waals surface area (Å²) in [6.07, 6.45) is 3.07. The van der Waals surface area contributed by atoms with Crippen molar-refractivity contribution in [1.82, 2.24) is 20.2 Å². The van der Waals surface area contributed by atoms with Gasteiger partial charge in [0, 0.05) is 32.4 Å². The van der Waals surface area contributed by atoms with Gasteiger partial charge in [-0.25, -0.2) is 9.78 Å². The molecule has 2 saturated heterocycles. The van der Waals surface area contributed by atoms with Crippen molar-refractivity contribution in [2.75, 3.05) is 30.4 Å². The molecule has 2 amide bonds. The lowest BCUT2D eigenvalue weighted by Crippen LogP contribution is -2.57. The van der Waals surface area contributed by atoms with Crippen LogP contribution in [0.1, 0.15) is 55.1 Å². The molecular weight excluding hydrogens is 556 g/mol. The van der Waals surface area contributed by atoms with Crippen LogP contribution in [0.25, 0.3) is 0 Å². The topological polar surface area (TPSA) is 109 Å². The maximum Gasteiger partial charge on any atom is 0.410 e. The molecule has 5 rings (SSSR count). The highest BCUT2D eigenvalue weighted by molar-refractivity contribution is 6.32. The van der Waals surface area contributed by atoms with Gasteiger partial charge < -0.3 is 25.0 Å². The Kier molecular flexibility index (Phi) is 8.72. The Morgan fingerprint density at radius 1 is 1.02 bits per heavy atom. The molecule has 2 bridgehead atoms. The van der Waals surface area contributed by atoms with Crippen molar-refractivity contribution in [1.29, 1.82) is 0 Å². The third-order valence-corrected chi connectivity index (χ3v) is 7.66. The van der Waals surface area contributed by atoms with Gasteiger partial charge in [0.05, 0.1) is 24.2 Å². The molecule has 11 heteroatoms. The second kappa shape index (κ2) is 12.4. The van der Waals surface area contributed by atoms with Gasteiger partial charge in [-0.2, -0.15) is 4.98 Å². The van der Waals surface area contributed by atoms with Crippen LogP contribution in [0.3, 0.4) is 0 Å². The first-order valence-electron chi connectivity index (χ1n) is 14.1. The first-order chi connectivity index (χ1) is 20.1. The van der Waals surface area contributed by atoms with E-state index in [4.69, 9.17) is 26.1 Å². The number of carbonyl (C=O) groups is 2. The zero-order valence-electron chi connectivity index (χ0n) is 24.4. The highest BCUT2D eigenvalue weighted by atomic mass is 35.5. The number of methoxy groups -OCH3 is 1. The molecule has 3 aromatic rings. The Hall–Kier alpha value is -4.05. The monoisotopic (exact) mass is 592 g/mol. The molecule has 2 aliphatic heterocycles. The molecule has 10 nitrogen and oxygen atoms in total. The predicted molar refractivity (Wildman–Crippen MR) is 162 cm³/mol. The minimum atomic E-state index is -0.553. The number of piperazine rings is 1. The number of nitrogens with zero attached hydrogens (tertiary/aromatic N) is 4. The van der Waals surface area contributed by atoms with Crippen molar-refractivity contribution >= 4 is 35.4 Å². The van der Waals surface area contributed by atoms with Gasteiger partial charge in [0.2, 0.25) is 5.95 Å². The quantitative estimate of drug-likeness (QED) is 0.364. The summed E-state index contributed by atoms with van der Waals surface area (Å²) in [7, 11) is 1.57. The fourth-order valence-corrected chi connectivity index (χ4v) is 5.66. The first-order valence-corrected chi connectivity index (χ1v) is 14.5. The van der Waals surface area contributed by atoms with E-state index in [1.165, 1.54) is 0 Å². The van der Waals surface area contributed by atoms with Crippen molar-refractivity contribution in [2.45, 2.75) is 64.4 Å². The van der Waals surface area contributed by atoms with Crippen LogP contribution in [0.4, 0.5) is 16.6 Å². The van der Waals surface area contributed by atoms with Crippen LogP contribution in [-0.4, -0.2) is 64.8 Å². The van der Waals surface area contributed by atoms with Gasteiger partial charge in [-0.05, 0) is 56.9 Å². The summed E-state index contributed by atoms with van der Waals surface area (Å²) >= 11 is 6.34. The molecule has 2 aliphatic rings. The molecule has 0 radical (unpaired) electrons. The van der Waals surface area contributed by atoms with Crippen LogP contribution >= 0.6 is 11.6 Å². The van der Waals surface area contributed by atoms with E-state index in [-0.39, 0.29) is 24.1 Å². The Balaban J connectivity index is 1.35. The summed E-state index contributed by atoms with van der Waals surface area (Å²) in [5.41, 5.74) is 1.68. The molecule has 2 atom stereocenters. The van der Waals surface area contributed by atoms with Crippen molar-refractivity contribution < 1.29 is 19.1 Å². The van der Waals surface area contributed by atoms with E-state index in [9.17, 15) is 9.59 Å². The average Bonchev–Trinajstić information content (AvgIpc) is 3.24. The van der Waals surface area contributed by atoms with E-state index < -0.39 is 5.60 Å². The number of amides is 2. The average molecular weight is 593 g/mol. The van der Waals surface area contributed by atoms with Gasteiger partial charge in [0.1, 0.15) is 22.7 Å². The number of anilines is 2. The maximum absolute atomic E-state index is 13.3. The number of hydrogen-bond acceptors (Lipinski definition) is 8. The van der Waals surface area contributed by atoms with E-state index in [1.807, 2.05) is 68.1 Å². The second-order valence-electron chi connectivity index (χ2n) is 11.6. The van der Waals surface area contributed by atoms with E-state index >= 15 is 0 Å². The molecule has 0 saturated carbocycles. The first kappa shape index (κ1) is 29.4. The molecule has 1 aromatic heterocycles. The van der Waals surface area contributed by atoms with Gasteiger partial charge in [0.15, 0.2) is 0 Å². The standard InChI is InChI=1S/C31H37ClN6O4/c1-31(2,3)42-30(40)38-22-11-12-23(38)19-37(18-22)29-35-17-24(28(39)34-15-20-8-6-5-7-9-20)27(36-29)33-16-21-10-13-26(41-4)25(32)14-21/h5-10,13-14,17,22-23H,11-12,15-16,18-19H2,1-4H3,(H,34,39)(H,33,35,36). The zero-order chi connectivity index (χ0) is 29.9. The van der Waals surface area contributed by atoms with E-state index in [1.54, 1.807) is 19.4 Å². The summed E-state index contributed by atoms with van der Waals surface area (Å²) in [5.74, 6) is 1.23. The van der Waals surface area contributed by atoms with Gasteiger partial charge in [-0.15, -0.1) is 0 Å². The Bertz CT molecular complexity index is 1420. The number of hydrogen-bond donors (Lipinski definition) is 2. The molecule has 222 valence electrons. The van der Waals surface area contributed by atoms with Crippen LogP contribution in [0.5, 0.6) is 5.75 Å². The molecule has 0 spiro atoms. The van der Waals surface area contributed by atoms with E-state index in [0.29, 0.717) is 54.3 Å². The van der Waals surface area contributed by atoms with Crippen LogP contribution in [0, 0.1) is 0 Å². The van der Waals surface area contributed by atoms with Crippen LogP contribution in [0.15, 0.2) is 54.7 Å². The van der Waals surface area contributed by atoms with E-state index in [2.05, 4.69) is 20.5 Å². The lowest BCUT2D eigenvalue weighted by atomic mass is 10.2. The van der Waals surface area contributed by atoms with E-state index in [0.717, 1.165) is 24.0 Å². The number of halogens is 1. The predicted octanol–water partition coefficient (Wildman–Crippen LogP) is 5.27. The number of ether oxygens (including phenoxy) is 2.